The molecule has 5 unspecified atom stereocenters. The van der Waals surface area contributed by atoms with E-state index in [-0.39, 0.29) is 72.1 Å². The van der Waals surface area contributed by atoms with Crippen molar-refractivity contribution >= 4 is 65.7 Å². The second-order valence-corrected chi connectivity index (χ2v) is 18.5. The number of hydrogen-bond acceptors (Lipinski definition) is 9. The number of benzene rings is 2. The first kappa shape index (κ1) is 39.6. The maximum atomic E-state index is 11.1. The molecule has 0 radical (unpaired) electrons. The van der Waals surface area contributed by atoms with Crippen molar-refractivity contribution in [2.75, 3.05) is 26.2 Å². The van der Waals surface area contributed by atoms with Crippen LogP contribution in [0.2, 0.25) is 0 Å². The van der Waals surface area contributed by atoms with Gasteiger partial charge in [0.25, 0.3) is 0 Å². The summed E-state index contributed by atoms with van der Waals surface area (Å²) in [5, 5.41) is 4.33. The normalized spacial score (nSPS) is 14.7. The molecule has 2 N–H and O–H groups in total. The zero-order chi connectivity index (χ0) is 26.9. The zero-order valence-corrected chi connectivity index (χ0v) is 31.8. The Morgan fingerprint density at radius 1 is 1.03 bits per heavy atom. The van der Waals surface area contributed by atoms with Gasteiger partial charge in [0.2, 0.25) is 11.8 Å². The topological polar surface area (TPSA) is 158 Å². The first-order valence-electron chi connectivity index (χ1n) is 10.1. The third-order valence-electron chi connectivity index (χ3n) is 4.28. The van der Waals surface area contributed by atoms with E-state index in [1.807, 2.05) is 24.3 Å². The van der Waals surface area contributed by atoms with Crippen LogP contribution in [0.4, 0.5) is 0 Å². The number of nitrogens with zero attached hydrogens (tertiary/aromatic N) is 3. The minimum atomic E-state index is -4.74. The number of rotatable bonds is 14. The van der Waals surface area contributed by atoms with E-state index in [0.29, 0.717) is 5.75 Å². The summed E-state index contributed by atoms with van der Waals surface area (Å²) >= 11 is 5.41. The smallest absolute Gasteiger partial charge is 0.778 e. The van der Waals surface area contributed by atoms with E-state index in [0.717, 1.165) is 21.8 Å². The Kier molecular flexibility index (Phi) is 19.8. The van der Waals surface area contributed by atoms with Gasteiger partial charge in [-0.05, 0) is 53.9 Å². The largest absolute Gasteiger partial charge is 1.00 e. The third-order valence-corrected chi connectivity index (χ3v) is 8.73. The number of hydrogen-bond donors (Lipinski definition) is 2. The molecule has 2 aromatic rings. The van der Waals surface area contributed by atoms with Crippen molar-refractivity contribution < 1.29 is 96.9 Å². The Bertz CT molecular complexity index is 1110. The molecule has 38 heavy (non-hydrogen) atoms. The summed E-state index contributed by atoms with van der Waals surface area (Å²) in [5.41, 5.74) is 1.62. The van der Waals surface area contributed by atoms with Gasteiger partial charge in [-0.1, -0.05) is 34.8 Å². The molecule has 0 fully saturated rings. The molecule has 0 saturated carbocycles. The summed E-state index contributed by atoms with van der Waals surface area (Å²) in [6.07, 6.45) is 0.160. The molecule has 0 spiro atoms. The van der Waals surface area contributed by atoms with Crippen molar-refractivity contribution in [2.45, 2.75) is 6.42 Å². The SMILES string of the molecule is CN(/N=C/c1ccc(OP(P)P)cc1)[P+](=S)Oc1ccc(CCN(CP(=O)([O-])O)CP(=O)([O-])O)cc1.[Na+].[Na+]. The molecule has 11 nitrogen and oxygen atoms in total. The fourth-order valence-corrected chi connectivity index (χ4v) is 6.46. The van der Waals surface area contributed by atoms with Crippen LogP contribution in [0.1, 0.15) is 11.1 Å². The van der Waals surface area contributed by atoms with E-state index < -0.39 is 42.4 Å². The fraction of sp³-hybridized carbons (Fsp3) is 0.278. The maximum Gasteiger partial charge on any atom is 1.00 e. The van der Waals surface area contributed by atoms with E-state index in [1.54, 1.807) is 37.5 Å². The second-order valence-electron chi connectivity index (χ2n) is 7.43. The molecule has 0 aliphatic heterocycles. The van der Waals surface area contributed by atoms with Crippen molar-refractivity contribution in [3.05, 3.63) is 59.7 Å². The monoisotopic (exact) mass is 676 g/mol. The molecule has 0 bridgehead atoms. The Labute approximate surface area is 278 Å². The second kappa shape index (κ2) is 19.0. The van der Waals surface area contributed by atoms with E-state index >= 15 is 0 Å². The average Bonchev–Trinajstić information content (AvgIpc) is 2.75. The predicted molar refractivity (Wildman–Crippen MR) is 150 cm³/mol. The predicted octanol–water partition coefficient (Wildman–Crippen LogP) is -2.98. The average molecular weight is 676 g/mol. The summed E-state index contributed by atoms with van der Waals surface area (Å²) in [5.74, 6) is 1.27. The van der Waals surface area contributed by atoms with Gasteiger partial charge in [0.1, 0.15) is 28.5 Å². The summed E-state index contributed by atoms with van der Waals surface area (Å²) in [4.78, 5) is 41.3. The molecule has 5 atom stereocenters. The molecule has 2 aromatic carbocycles. The van der Waals surface area contributed by atoms with E-state index in [9.17, 15) is 18.9 Å². The molecule has 0 aliphatic rings. The summed E-state index contributed by atoms with van der Waals surface area (Å²) in [6, 6.07) is 14.3. The van der Waals surface area contributed by atoms with Crippen molar-refractivity contribution in [1.82, 2.24) is 9.68 Å². The van der Waals surface area contributed by atoms with E-state index in [4.69, 9.17) is 30.6 Å². The van der Waals surface area contributed by atoms with Gasteiger partial charge in [0.15, 0.2) is 5.75 Å². The molecule has 198 valence electrons. The van der Waals surface area contributed by atoms with Gasteiger partial charge in [-0.25, -0.2) is 0 Å². The van der Waals surface area contributed by atoms with E-state index in [1.165, 1.54) is 4.78 Å². The molecular weight excluding hydrogens is 650 g/mol. The van der Waals surface area contributed by atoms with Crippen LogP contribution >= 0.6 is 47.6 Å². The summed E-state index contributed by atoms with van der Waals surface area (Å²) in [6.45, 7) is -0.0195. The Balaban J connectivity index is 0.00000684. The minimum Gasteiger partial charge on any atom is -0.778 e. The third kappa shape index (κ3) is 17.5. The van der Waals surface area contributed by atoms with Gasteiger partial charge >= 0.3 is 66.2 Å². The van der Waals surface area contributed by atoms with Gasteiger partial charge in [0.05, 0.1) is 25.8 Å². The van der Waals surface area contributed by atoms with Gasteiger partial charge in [-0.2, -0.15) is 0 Å². The quantitative estimate of drug-likeness (QED) is 0.0911. The molecule has 0 saturated heterocycles. The van der Waals surface area contributed by atoms with Crippen molar-refractivity contribution in [1.29, 1.82) is 0 Å². The van der Waals surface area contributed by atoms with Crippen LogP contribution in [-0.4, -0.2) is 51.8 Å². The fourth-order valence-electron chi connectivity index (χ4n) is 2.77. The standard InChI is InChI=1S/C18H27N3O8P6S.2Na/c1-20(19-12-16-4-8-18(9-5-16)29-33(30)31)32(36)28-17-6-2-15(3-7-17)10-11-21(13-34(22,23)24)14-35(25,26)27;;/h2-9,12H,10-11,13-14,30-31H2,1H3,(H3-,22,23,24,25,26,27);;/q;2*+1/p-1/b19-12+;;. The first-order chi connectivity index (χ1) is 16.7. The maximum absolute atomic E-state index is 11.1. The van der Waals surface area contributed by atoms with Crippen molar-refractivity contribution in [3.63, 3.8) is 0 Å². The Morgan fingerprint density at radius 2 is 1.53 bits per heavy atom. The molecular formula is C18H26N3Na2O8P6S+. The molecule has 0 aliphatic carbocycles. The molecule has 0 aromatic heterocycles. The minimum absolute atomic E-state index is 0. The van der Waals surface area contributed by atoms with Crippen LogP contribution in [0, 0.1) is 0 Å². The van der Waals surface area contributed by atoms with Gasteiger partial charge in [-0.15, -0.1) is 5.10 Å². The van der Waals surface area contributed by atoms with Crippen LogP contribution in [0.5, 0.6) is 11.5 Å². The first-order valence-corrected chi connectivity index (χ1v) is 20.3. The van der Waals surface area contributed by atoms with Crippen LogP contribution < -0.4 is 77.9 Å². The molecule has 0 heterocycles. The van der Waals surface area contributed by atoms with Crippen LogP contribution in [0.3, 0.4) is 0 Å². The van der Waals surface area contributed by atoms with Crippen LogP contribution in [0.25, 0.3) is 0 Å². The molecule has 20 heteroatoms. The van der Waals surface area contributed by atoms with Gasteiger partial charge in [-0.3, -0.25) is 9.42 Å². The Hall–Kier alpha value is 1.58. The summed E-state index contributed by atoms with van der Waals surface area (Å²) < 4.78 is 35.2. The van der Waals surface area contributed by atoms with Crippen molar-refractivity contribution in [2.24, 2.45) is 5.10 Å². The molecule has 0 amide bonds. The Morgan fingerprint density at radius 3 is 2.00 bits per heavy atom. The van der Waals surface area contributed by atoms with Crippen LogP contribution in [-0.2, 0) is 27.4 Å². The molecule has 2 rings (SSSR count). The summed E-state index contributed by atoms with van der Waals surface area (Å²) in [7, 11) is -4.75. The van der Waals surface area contributed by atoms with E-state index in [2.05, 4.69) is 23.0 Å². The van der Waals surface area contributed by atoms with Gasteiger partial charge < -0.3 is 33.2 Å². The van der Waals surface area contributed by atoms with Crippen molar-refractivity contribution in [3.8, 4) is 11.5 Å². The van der Waals surface area contributed by atoms with Crippen LogP contribution in [0.15, 0.2) is 53.6 Å². The zero-order valence-electron chi connectivity index (χ0n) is 21.1. The number of hydrazone groups is 1. The van der Waals surface area contributed by atoms with Gasteiger partial charge in [0, 0.05) is 6.54 Å².